The third-order valence-electron chi connectivity index (χ3n) is 3.85. The zero-order valence-electron chi connectivity index (χ0n) is 15.8. The summed E-state index contributed by atoms with van der Waals surface area (Å²) in [6.45, 7) is 0. The molecule has 3 aromatic carbocycles. The molecule has 2 N–H and O–H groups in total. The smallest absolute Gasteiger partial charge is 0.345 e. The number of anilines is 1. The average molecular weight is 440 g/mol. The molecule has 0 unspecified atom stereocenters. The van der Waals surface area contributed by atoms with E-state index in [2.05, 4.69) is 15.8 Å². The predicted octanol–water partition coefficient (Wildman–Crippen LogP) is 3.79. The van der Waals surface area contributed by atoms with Crippen LogP contribution < -0.4 is 15.5 Å². The summed E-state index contributed by atoms with van der Waals surface area (Å²) in [5.74, 6) is -2.82. The van der Waals surface area contributed by atoms with Crippen LogP contribution in [0.3, 0.4) is 0 Å². The Morgan fingerprint density at radius 3 is 2.42 bits per heavy atom. The molecule has 0 fully saturated rings. The lowest BCUT2D eigenvalue weighted by Gasteiger charge is -2.06. The summed E-state index contributed by atoms with van der Waals surface area (Å²) in [7, 11) is 0. The van der Waals surface area contributed by atoms with Crippen molar-refractivity contribution in [3.8, 4) is 5.75 Å². The third kappa shape index (κ3) is 6.22. The monoisotopic (exact) mass is 439 g/mol. The van der Waals surface area contributed by atoms with Crippen LogP contribution in [-0.2, 0) is 9.59 Å². The van der Waals surface area contributed by atoms with Crippen LogP contribution in [0.5, 0.6) is 5.75 Å². The zero-order valence-corrected chi connectivity index (χ0v) is 16.6. The van der Waals surface area contributed by atoms with Crippen LogP contribution in [0.25, 0.3) is 0 Å². The largest absolute Gasteiger partial charge is 0.423 e. The van der Waals surface area contributed by atoms with Gasteiger partial charge in [0.1, 0.15) is 11.6 Å². The van der Waals surface area contributed by atoms with Crippen LogP contribution in [0.1, 0.15) is 15.9 Å². The van der Waals surface area contributed by atoms with Crippen LogP contribution in [0.2, 0.25) is 5.02 Å². The van der Waals surface area contributed by atoms with Gasteiger partial charge in [-0.15, -0.1) is 0 Å². The van der Waals surface area contributed by atoms with Crippen molar-refractivity contribution in [2.24, 2.45) is 5.10 Å². The Bertz CT molecular complexity index is 1150. The van der Waals surface area contributed by atoms with Gasteiger partial charge in [0.15, 0.2) is 0 Å². The SMILES string of the molecule is O=C(N/N=C/c1cccc(OC(=O)c2ccccc2Cl)c1)C(=O)Nc1ccc(F)cc1. The average Bonchev–Trinajstić information content (AvgIpc) is 2.75. The Labute approximate surface area is 181 Å². The maximum absolute atomic E-state index is 12.9. The minimum absolute atomic E-state index is 0.225. The van der Waals surface area contributed by atoms with E-state index >= 15 is 0 Å². The van der Waals surface area contributed by atoms with Crippen molar-refractivity contribution >= 4 is 41.3 Å². The molecule has 156 valence electrons. The van der Waals surface area contributed by atoms with E-state index in [4.69, 9.17) is 16.3 Å². The molecule has 0 aromatic heterocycles. The number of nitrogens with one attached hydrogen (secondary N) is 2. The standard InChI is InChI=1S/C22H15ClFN3O4/c23-19-7-2-1-6-18(19)22(30)31-17-5-3-4-14(12-17)13-25-27-21(29)20(28)26-16-10-8-15(24)9-11-16/h1-13H,(H,26,28)(H,27,29)/b25-13+. The van der Waals surface area contributed by atoms with Crippen molar-refractivity contribution in [3.63, 3.8) is 0 Å². The molecule has 2 amide bonds. The number of esters is 1. The number of hydrazone groups is 1. The van der Waals surface area contributed by atoms with Crippen LogP contribution in [-0.4, -0.2) is 24.0 Å². The van der Waals surface area contributed by atoms with Gasteiger partial charge in [-0.05, 0) is 54.1 Å². The molecular formula is C22H15ClFN3O4. The lowest BCUT2D eigenvalue weighted by atomic mass is 10.2. The summed E-state index contributed by atoms with van der Waals surface area (Å²) in [5, 5.41) is 6.28. The van der Waals surface area contributed by atoms with Crippen LogP contribution in [0.4, 0.5) is 10.1 Å². The maximum Gasteiger partial charge on any atom is 0.345 e. The lowest BCUT2D eigenvalue weighted by molar-refractivity contribution is -0.136. The highest BCUT2D eigenvalue weighted by Gasteiger charge is 2.13. The van der Waals surface area contributed by atoms with E-state index in [0.717, 1.165) is 12.1 Å². The van der Waals surface area contributed by atoms with Gasteiger partial charge in [0.25, 0.3) is 0 Å². The van der Waals surface area contributed by atoms with Gasteiger partial charge in [-0.2, -0.15) is 5.10 Å². The number of amides is 2. The van der Waals surface area contributed by atoms with Crippen LogP contribution >= 0.6 is 11.6 Å². The summed E-state index contributed by atoms with van der Waals surface area (Å²) in [5.41, 5.74) is 3.07. The minimum atomic E-state index is -1.01. The predicted molar refractivity (Wildman–Crippen MR) is 114 cm³/mol. The fraction of sp³-hybridized carbons (Fsp3) is 0. The number of carbonyl (C=O) groups excluding carboxylic acids is 3. The summed E-state index contributed by atoms with van der Waals surface area (Å²) < 4.78 is 18.2. The molecule has 3 rings (SSSR count). The number of halogens is 2. The minimum Gasteiger partial charge on any atom is -0.423 e. The number of ether oxygens (including phenoxy) is 1. The summed E-state index contributed by atoms with van der Waals surface area (Å²) in [6.07, 6.45) is 1.27. The van der Waals surface area contributed by atoms with Crippen molar-refractivity contribution < 1.29 is 23.5 Å². The molecule has 0 aliphatic rings. The van der Waals surface area contributed by atoms with Gasteiger partial charge in [0.05, 0.1) is 16.8 Å². The molecule has 0 atom stereocenters. The molecule has 0 aliphatic carbocycles. The number of hydrogen-bond acceptors (Lipinski definition) is 5. The second kappa shape index (κ2) is 10.1. The molecule has 0 spiro atoms. The van der Waals surface area contributed by atoms with Crippen molar-refractivity contribution in [2.75, 3.05) is 5.32 Å². The number of carbonyl (C=O) groups is 3. The second-order valence-electron chi connectivity index (χ2n) is 6.10. The molecule has 0 radical (unpaired) electrons. The molecule has 0 saturated carbocycles. The highest BCUT2D eigenvalue weighted by atomic mass is 35.5. The van der Waals surface area contributed by atoms with Gasteiger partial charge in [-0.1, -0.05) is 35.9 Å². The lowest BCUT2D eigenvalue weighted by Crippen LogP contribution is -2.32. The molecule has 0 saturated heterocycles. The van der Waals surface area contributed by atoms with Crippen molar-refractivity contribution in [3.05, 3.63) is 94.8 Å². The highest BCUT2D eigenvalue weighted by molar-refractivity contribution is 6.39. The third-order valence-corrected chi connectivity index (χ3v) is 4.18. The van der Waals surface area contributed by atoms with Gasteiger partial charge in [0.2, 0.25) is 0 Å². The Kier molecular flexibility index (Phi) is 7.08. The number of nitrogens with zero attached hydrogens (tertiary/aromatic N) is 1. The molecule has 0 aliphatic heterocycles. The van der Waals surface area contributed by atoms with E-state index in [9.17, 15) is 18.8 Å². The molecule has 0 bridgehead atoms. The summed E-state index contributed by atoms with van der Waals surface area (Å²) in [4.78, 5) is 35.9. The van der Waals surface area contributed by atoms with E-state index in [0.29, 0.717) is 5.56 Å². The van der Waals surface area contributed by atoms with Crippen molar-refractivity contribution in [2.45, 2.75) is 0 Å². The van der Waals surface area contributed by atoms with Gasteiger partial charge in [-0.3, -0.25) is 9.59 Å². The molecule has 7 nitrogen and oxygen atoms in total. The quantitative estimate of drug-likeness (QED) is 0.208. The zero-order chi connectivity index (χ0) is 22.2. The summed E-state index contributed by atoms with van der Waals surface area (Å²) in [6, 6.07) is 17.8. The van der Waals surface area contributed by atoms with Crippen LogP contribution in [0.15, 0.2) is 77.9 Å². The Morgan fingerprint density at radius 1 is 0.935 bits per heavy atom. The van der Waals surface area contributed by atoms with E-state index < -0.39 is 23.6 Å². The topological polar surface area (TPSA) is 96.9 Å². The first-order valence-electron chi connectivity index (χ1n) is 8.89. The first kappa shape index (κ1) is 21.7. The normalized spacial score (nSPS) is 10.5. The number of rotatable bonds is 5. The Morgan fingerprint density at radius 2 is 1.68 bits per heavy atom. The Hall–Kier alpha value is -4.04. The number of hydrogen-bond donors (Lipinski definition) is 2. The first-order chi connectivity index (χ1) is 14.9. The molecular weight excluding hydrogens is 425 g/mol. The van der Waals surface area contributed by atoms with Crippen molar-refractivity contribution in [1.29, 1.82) is 0 Å². The van der Waals surface area contributed by atoms with Gasteiger partial charge < -0.3 is 10.1 Å². The van der Waals surface area contributed by atoms with Gasteiger partial charge in [-0.25, -0.2) is 14.6 Å². The molecule has 31 heavy (non-hydrogen) atoms. The van der Waals surface area contributed by atoms with E-state index in [1.54, 1.807) is 42.5 Å². The molecule has 9 heteroatoms. The fourth-order valence-corrected chi connectivity index (χ4v) is 2.60. The second-order valence-corrected chi connectivity index (χ2v) is 6.51. The van der Waals surface area contributed by atoms with E-state index in [1.165, 1.54) is 24.4 Å². The van der Waals surface area contributed by atoms with E-state index in [-0.39, 0.29) is 22.0 Å². The fourth-order valence-electron chi connectivity index (χ4n) is 2.38. The van der Waals surface area contributed by atoms with E-state index in [1.807, 2.05) is 0 Å². The van der Waals surface area contributed by atoms with Gasteiger partial charge >= 0.3 is 17.8 Å². The molecule has 3 aromatic rings. The summed E-state index contributed by atoms with van der Waals surface area (Å²) >= 11 is 5.99. The number of benzene rings is 3. The van der Waals surface area contributed by atoms with Crippen molar-refractivity contribution in [1.82, 2.24) is 5.43 Å². The van der Waals surface area contributed by atoms with Gasteiger partial charge in [0, 0.05) is 5.69 Å². The first-order valence-corrected chi connectivity index (χ1v) is 9.27. The highest BCUT2D eigenvalue weighted by Crippen LogP contribution is 2.19. The van der Waals surface area contributed by atoms with Crippen LogP contribution in [0, 0.1) is 5.82 Å². The Balaban J connectivity index is 1.57. The maximum atomic E-state index is 12.9. The molecule has 0 heterocycles.